The Morgan fingerprint density at radius 2 is 1.95 bits per heavy atom. The van der Waals surface area contributed by atoms with Crippen LogP contribution in [0.5, 0.6) is 0 Å². The highest BCUT2D eigenvalue weighted by molar-refractivity contribution is 5.82. The monoisotopic (exact) mass is 291 g/mol. The Morgan fingerprint density at radius 3 is 2.40 bits per heavy atom. The summed E-state index contributed by atoms with van der Waals surface area (Å²) in [6.45, 7) is 5.82. The van der Waals surface area contributed by atoms with Crippen molar-refractivity contribution in [2.45, 2.75) is 51.7 Å². The molecule has 1 amide bonds. The summed E-state index contributed by atoms with van der Waals surface area (Å²) >= 11 is 0. The van der Waals surface area contributed by atoms with Gasteiger partial charge in [-0.2, -0.15) is 13.2 Å². The average Bonchev–Trinajstić information content (AvgIpc) is 2.30. The van der Waals surface area contributed by atoms with Gasteiger partial charge in [-0.1, -0.05) is 13.8 Å². The zero-order valence-corrected chi connectivity index (χ0v) is 11.9. The number of aldehydes is 1. The van der Waals surface area contributed by atoms with Crippen molar-refractivity contribution < 1.29 is 22.8 Å². The normalized spacial score (nSPS) is 38.8. The van der Waals surface area contributed by atoms with Crippen LogP contribution in [0.25, 0.3) is 0 Å². The molecule has 1 N–H and O–H groups in total. The number of carbonyl (C=O) groups is 2. The third kappa shape index (κ3) is 2.23. The number of halogens is 3. The largest absolute Gasteiger partial charge is 0.471 e. The van der Waals surface area contributed by atoms with Crippen LogP contribution in [0.1, 0.15) is 40.0 Å². The predicted molar refractivity (Wildman–Crippen MR) is 66.8 cm³/mol. The van der Waals surface area contributed by atoms with E-state index in [9.17, 15) is 22.8 Å². The Labute approximate surface area is 116 Å². The maximum absolute atomic E-state index is 12.5. The van der Waals surface area contributed by atoms with Gasteiger partial charge in [-0.3, -0.25) is 4.79 Å². The van der Waals surface area contributed by atoms with E-state index in [0.717, 1.165) is 12.7 Å². The van der Waals surface area contributed by atoms with Crippen molar-refractivity contribution in [2.75, 3.05) is 0 Å². The Hall–Kier alpha value is -1.07. The first-order valence-electron chi connectivity index (χ1n) is 6.85. The van der Waals surface area contributed by atoms with Gasteiger partial charge in [0.1, 0.15) is 6.29 Å². The maximum atomic E-state index is 12.5. The molecular formula is C14H20F3NO2. The minimum atomic E-state index is -4.88. The molecular weight excluding hydrogens is 271 g/mol. The number of hydrogen-bond donors (Lipinski definition) is 1. The van der Waals surface area contributed by atoms with Crippen molar-refractivity contribution in [3.05, 3.63) is 0 Å². The molecule has 6 heteroatoms. The van der Waals surface area contributed by atoms with Crippen LogP contribution < -0.4 is 5.32 Å². The number of carbonyl (C=O) groups excluding carboxylic acids is 2. The van der Waals surface area contributed by atoms with Crippen LogP contribution in [0.15, 0.2) is 0 Å². The fourth-order valence-corrected chi connectivity index (χ4v) is 4.19. The van der Waals surface area contributed by atoms with Gasteiger partial charge in [0.05, 0.1) is 0 Å². The predicted octanol–water partition coefficient (Wildman–Crippen LogP) is 2.69. The number of rotatable bonds is 3. The molecule has 0 aliphatic heterocycles. The molecule has 0 saturated heterocycles. The summed E-state index contributed by atoms with van der Waals surface area (Å²) in [5.74, 6) is -1.65. The summed E-state index contributed by atoms with van der Waals surface area (Å²) in [5, 5.41) is 2.15. The zero-order chi connectivity index (χ0) is 15.3. The standard InChI is InChI=1S/C14H20F3NO2/c1-12(2)8-6-10(12)9(4-5-19)13(3,7-8)18-11(20)14(15,16)17/h5,8-10H,4,6-7H2,1-3H3,(H,18,20)/t8-,9+,10+,13+/m1/s1. The molecule has 0 aromatic rings. The number of hydrogen-bond acceptors (Lipinski definition) is 2. The van der Waals surface area contributed by atoms with Crippen LogP contribution in [-0.4, -0.2) is 23.9 Å². The second-order valence-corrected chi connectivity index (χ2v) is 6.94. The van der Waals surface area contributed by atoms with Crippen LogP contribution in [-0.2, 0) is 9.59 Å². The highest BCUT2D eigenvalue weighted by atomic mass is 19.4. The molecule has 3 saturated carbocycles. The second-order valence-electron chi connectivity index (χ2n) is 6.94. The molecule has 0 heterocycles. The van der Waals surface area contributed by atoms with E-state index in [0.29, 0.717) is 12.3 Å². The molecule has 0 unspecified atom stereocenters. The molecule has 3 aliphatic rings. The first kappa shape index (κ1) is 15.3. The Bertz CT molecular complexity index is 433. The fourth-order valence-electron chi connectivity index (χ4n) is 4.19. The third-order valence-corrected chi connectivity index (χ3v) is 5.53. The zero-order valence-electron chi connectivity index (χ0n) is 11.9. The van der Waals surface area contributed by atoms with Gasteiger partial charge in [0.25, 0.3) is 0 Å². The molecule has 0 aromatic heterocycles. The summed E-state index contributed by atoms with van der Waals surface area (Å²) in [7, 11) is 0. The van der Waals surface area contributed by atoms with Crippen molar-refractivity contribution in [1.29, 1.82) is 0 Å². The van der Waals surface area contributed by atoms with Crippen molar-refractivity contribution >= 4 is 12.2 Å². The lowest BCUT2D eigenvalue weighted by atomic mass is 9.41. The van der Waals surface area contributed by atoms with Crippen LogP contribution in [0, 0.1) is 23.2 Å². The molecule has 3 rings (SSSR count). The smallest absolute Gasteiger partial charge is 0.343 e. The number of alkyl halides is 3. The number of amides is 1. The molecule has 0 radical (unpaired) electrons. The molecule has 3 aliphatic carbocycles. The highest BCUT2D eigenvalue weighted by Gasteiger charge is 2.62. The minimum absolute atomic E-state index is 0.0378. The maximum Gasteiger partial charge on any atom is 0.471 e. The van der Waals surface area contributed by atoms with Crippen molar-refractivity contribution in [3.63, 3.8) is 0 Å². The third-order valence-electron chi connectivity index (χ3n) is 5.53. The first-order valence-corrected chi connectivity index (χ1v) is 6.85. The van der Waals surface area contributed by atoms with E-state index < -0.39 is 17.6 Å². The van der Waals surface area contributed by atoms with Crippen molar-refractivity contribution in [3.8, 4) is 0 Å². The molecule has 3 nitrogen and oxygen atoms in total. The van der Waals surface area contributed by atoms with Gasteiger partial charge in [0.15, 0.2) is 0 Å². The van der Waals surface area contributed by atoms with Crippen LogP contribution in [0.3, 0.4) is 0 Å². The van der Waals surface area contributed by atoms with E-state index in [1.807, 2.05) is 0 Å². The van der Waals surface area contributed by atoms with Gasteiger partial charge in [-0.15, -0.1) is 0 Å². The van der Waals surface area contributed by atoms with Crippen molar-refractivity contribution in [2.24, 2.45) is 23.2 Å². The van der Waals surface area contributed by atoms with Gasteiger partial charge in [-0.05, 0) is 42.9 Å². The fraction of sp³-hybridized carbons (Fsp3) is 0.857. The van der Waals surface area contributed by atoms with Crippen LogP contribution in [0.4, 0.5) is 13.2 Å². The molecule has 3 fully saturated rings. The summed E-state index contributed by atoms with van der Waals surface area (Å²) in [5.41, 5.74) is -0.910. The van der Waals surface area contributed by atoms with Gasteiger partial charge < -0.3 is 10.1 Å². The summed E-state index contributed by atoms with van der Waals surface area (Å²) in [4.78, 5) is 22.1. The first-order chi connectivity index (χ1) is 9.02. The summed E-state index contributed by atoms with van der Waals surface area (Å²) in [6, 6.07) is 0. The molecule has 0 spiro atoms. The molecule has 114 valence electrons. The van der Waals surface area contributed by atoms with E-state index >= 15 is 0 Å². The average molecular weight is 291 g/mol. The lowest BCUT2D eigenvalue weighted by Gasteiger charge is -2.66. The minimum Gasteiger partial charge on any atom is -0.343 e. The SMILES string of the molecule is CC1(C)[C@@H]2C[C@H]1[C@H](CC=O)[C@@](C)(NC(=O)C(F)(F)F)C2. The highest BCUT2D eigenvalue weighted by Crippen LogP contribution is 2.64. The van der Waals surface area contributed by atoms with E-state index in [4.69, 9.17) is 0 Å². The van der Waals surface area contributed by atoms with Gasteiger partial charge in [-0.25, -0.2) is 0 Å². The lowest BCUT2D eigenvalue weighted by Crippen LogP contribution is -2.68. The van der Waals surface area contributed by atoms with E-state index in [2.05, 4.69) is 19.2 Å². The van der Waals surface area contributed by atoms with Gasteiger partial charge in [0.2, 0.25) is 0 Å². The summed E-state index contributed by atoms with van der Waals surface area (Å²) in [6.07, 6.45) is -2.52. The topological polar surface area (TPSA) is 46.2 Å². The van der Waals surface area contributed by atoms with Crippen molar-refractivity contribution in [1.82, 2.24) is 5.32 Å². The van der Waals surface area contributed by atoms with E-state index in [1.54, 1.807) is 6.92 Å². The van der Waals surface area contributed by atoms with Crippen LogP contribution in [0.2, 0.25) is 0 Å². The Morgan fingerprint density at radius 1 is 1.35 bits per heavy atom. The van der Waals surface area contributed by atoms with Gasteiger partial charge in [0, 0.05) is 12.0 Å². The molecule has 0 aromatic carbocycles. The van der Waals surface area contributed by atoms with Gasteiger partial charge >= 0.3 is 12.1 Å². The van der Waals surface area contributed by atoms with E-state index in [-0.39, 0.29) is 23.7 Å². The van der Waals surface area contributed by atoms with Crippen LogP contribution >= 0.6 is 0 Å². The summed E-state index contributed by atoms with van der Waals surface area (Å²) < 4.78 is 37.4. The van der Waals surface area contributed by atoms with E-state index in [1.165, 1.54) is 0 Å². The second kappa shape index (κ2) is 4.46. The quantitative estimate of drug-likeness (QED) is 0.813. The number of fused-ring (bicyclic) bond motifs is 2. The lowest BCUT2D eigenvalue weighted by molar-refractivity contribution is -0.186. The Kier molecular flexibility index (Phi) is 3.42. The molecule has 2 bridgehead atoms. The number of nitrogens with one attached hydrogen (secondary N) is 1. The Balaban J connectivity index is 2.22. The molecule has 20 heavy (non-hydrogen) atoms. The molecule has 4 atom stereocenters.